The highest BCUT2D eigenvalue weighted by atomic mass is 35.5. The Bertz CT molecular complexity index is 420. The van der Waals surface area contributed by atoms with Crippen molar-refractivity contribution in [2.24, 2.45) is 10.9 Å². The molecule has 0 bridgehead atoms. The lowest BCUT2D eigenvalue weighted by molar-refractivity contribution is -0.170. The van der Waals surface area contributed by atoms with Crippen LogP contribution in [0, 0.1) is 0 Å². The van der Waals surface area contributed by atoms with E-state index in [1.54, 1.807) is 0 Å². The number of hydroxylamine groups is 2. The maximum atomic E-state index is 11.0. The minimum atomic E-state index is -1.06. The average Bonchev–Trinajstić information content (AvgIpc) is 2.38. The molecule has 136 valence electrons. The van der Waals surface area contributed by atoms with Crippen LogP contribution in [0.2, 0.25) is 0 Å². The Kier molecular flexibility index (Phi) is 16.1. The first-order chi connectivity index (χ1) is 9.73. The third kappa shape index (κ3) is 13.8. The first kappa shape index (κ1) is 26.3. The highest BCUT2D eigenvalue weighted by Crippen LogP contribution is 2.04. The number of carbonyl (C=O) groups excluding carboxylic acids is 2. The van der Waals surface area contributed by atoms with Gasteiger partial charge >= 0.3 is 17.9 Å². The number of hydrogen-bond acceptors (Lipinski definition) is 7. The number of rotatable bonds is 7. The van der Waals surface area contributed by atoms with Crippen LogP contribution in [0.3, 0.4) is 0 Å². The number of aliphatic carboxylic acids is 1. The predicted molar refractivity (Wildman–Crippen MR) is 87.3 cm³/mol. The summed E-state index contributed by atoms with van der Waals surface area (Å²) in [7, 11) is 0. The van der Waals surface area contributed by atoms with Crippen LogP contribution in [0.1, 0.15) is 40.0 Å². The number of nitrogens with two attached hydrogens (primary N) is 1. The molecule has 0 spiro atoms. The Hall–Kier alpha value is -1.58. The highest BCUT2D eigenvalue weighted by Gasteiger charge is 2.14. The molecule has 0 aromatic carbocycles. The highest BCUT2D eigenvalue weighted by molar-refractivity contribution is 5.85. The zero-order valence-electron chi connectivity index (χ0n) is 13.2. The molecule has 0 fully saturated rings. The van der Waals surface area contributed by atoms with E-state index in [9.17, 15) is 14.4 Å². The summed E-state index contributed by atoms with van der Waals surface area (Å²) in [6.07, 6.45) is 1.37. The van der Waals surface area contributed by atoms with Gasteiger partial charge in [-0.1, -0.05) is 5.16 Å². The summed E-state index contributed by atoms with van der Waals surface area (Å²) < 4.78 is 0. The third-order valence-electron chi connectivity index (χ3n) is 2.35. The van der Waals surface area contributed by atoms with Gasteiger partial charge in [0.15, 0.2) is 5.84 Å². The topological polar surface area (TPSA) is 132 Å². The Balaban J connectivity index is -0.00000200. The summed E-state index contributed by atoms with van der Waals surface area (Å²) in [5.41, 5.74) is 5.38. The van der Waals surface area contributed by atoms with E-state index in [-0.39, 0.29) is 37.2 Å². The van der Waals surface area contributed by atoms with E-state index in [0.29, 0.717) is 19.3 Å². The van der Waals surface area contributed by atoms with Crippen LogP contribution in [0.25, 0.3) is 0 Å². The standard InChI is InChI=1S/C12H21N3O6.2ClH/c1-8(14-20-9(2)16)15(21-10(3)17)7-5-4-6-11(13)12(18)19;;/h11H,4-7,13H2,1-3H3,(H,18,19);2*1H/t11-;;/m0../s1. The monoisotopic (exact) mass is 375 g/mol. The lowest BCUT2D eigenvalue weighted by Crippen LogP contribution is -2.33. The molecule has 0 unspecified atom stereocenters. The van der Waals surface area contributed by atoms with E-state index in [2.05, 4.69) is 9.99 Å². The van der Waals surface area contributed by atoms with Gasteiger partial charge in [-0.3, -0.25) is 9.59 Å². The molecular weight excluding hydrogens is 353 g/mol. The Morgan fingerprint density at radius 2 is 1.70 bits per heavy atom. The predicted octanol–water partition coefficient (Wildman–Crippen LogP) is 1.09. The zero-order valence-corrected chi connectivity index (χ0v) is 14.8. The van der Waals surface area contributed by atoms with Crippen LogP contribution < -0.4 is 5.73 Å². The third-order valence-corrected chi connectivity index (χ3v) is 2.35. The van der Waals surface area contributed by atoms with Crippen LogP contribution in [0.5, 0.6) is 0 Å². The first-order valence-electron chi connectivity index (χ1n) is 6.40. The molecule has 23 heavy (non-hydrogen) atoms. The second-order valence-electron chi connectivity index (χ2n) is 4.35. The number of amidine groups is 1. The molecule has 0 rings (SSSR count). The normalized spacial score (nSPS) is 11.4. The second-order valence-corrected chi connectivity index (χ2v) is 4.35. The van der Waals surface area contributed by atoms with Crippen molar-refractivity contribution in [2.75, 3.05) is 6.54 Å². The van der Waals surface area contributed by atoms with Gasteiger partial charge in [0.1, 0.15) is 6.04 Å². The van der Waals surface area contributed by atoms with Gasteiger partial charge in [0.05, 0.1) is 6.54 Å². The summed E-state index contributed by atoms with van der Waals surface area (Å²) in [5, 5.41) is 13.3. The summed E-state index contributed by atoms with van der Waals surface area (Å²) >= 11 is 0. The molecule has 0 aromatic heterocycles. The minimum absolute atomic E-state index is 0. The smallest absolute Gasteiger partial charge is 0.332 e. The van der Waals surface area contributed by atoms with Crippen molar-refractivity contribution in [3.63, 3.8) is 0 Å². The molecule has 0 radical (unpaired) electrons. The van der Waals surface area contributed by atoms with Crippen LogP contribution >= 0.6 is 24.8 Å². The summed E-state index contributed by atoms with van der Waals surface area (Å²) in [5.74, 6) is -2.00. The van der Waals surface area contributed by atoms with Crippen LogP contribution in [0.15, 0.2) is 5.16 Å². The van der Waals surface area contributed by atoms with E-state index in [1.165, 1.54) is 25.8 Å². The van der Waals surface area contributed by atoms with E-state index < -0.39 is 23.9 Å². The van der Waals surface area contributed by atoms with Crippen LogP contribution in [0.4, 0.5) is 0 Å². The fourth-order valence-electron chi connectivity index (χ4n) is 1.35. The van der Waals surface area contributed by atoms with E-state index in [0.717, 1.165) is 0 Å². The van der Waals surface area contributed by atoms with Crippen molar-refractivity contribution in [2.45, 2.75) is 46.1 Å². The van der Waals surface area contributed by atoms with Crippen molar-refractivity contribution >= 4 is 48.6 Å². The molecule has 0 saturated carbocycles. The fraction of sp³-hybridized carbons (Fsp3) is 0.667. The lowest BCUT2D eigenvalue weighted by Gasteiger charge is -2.21. The van der Waals surface area contributed by atoms with Gasteiger partial charge in [0, 0.05) is 20.8 Å². The minimum Gasteiger partial charge on any atom is -0.480 e. The molecule has 0 aromatic rings. The number of oxime groups is 1. The second kappa shape index (κ2) is 14.0. The largest absolute Gasteiger partial charge is 0.480 e. The van der Waals surface area contributed by atoms with Gasteiger partial charge in [0.2, 0.25) is 0 Å². The van der Waals surface area contributed by atoms with E-state index in [1.807, 2.05) is 0 Å². The number of halogens is 2. The number of unbranched alkanes of at least 4 members (excludes halogenated alkanes) is 1. The number of nitrogens with zero attached hydrogens (tertiary/aromatic N) is 2. The first-order valence-corrected chi connectivity index (χ1v) is 6.40. The maximum absolute atomic E-state index is 11.0. The number of carboxylic acid groups (broad SMARTS) is 1. The van der Waals surface area contributed by atoms with Gasteiger partial charge < -0.3 is 20.5 Å². The quantitative estimate of drug-likeness (QED) is 0.222. The van der Waals surface area contributed by atoms with E-state index >= 15 is 0 Å². The number of hydrogen-bond donors (Lipinski definition) is 2. The van der Waals surface area contributed by atoms with Crippen molar-refractivity contribution in [1.82, 2.24) is 5.06 Å². The van der Waals surface area contributed by atoms with Crippen molar-refractivity contribution in [1.29, 1.82) is 0 Å². The molecule has 0 saturated heterocycles. The molecule has 0 heterocycles. The van der Waals surface area contributed by atoms with Gasteiger partial charge in [-0.15, -0.1) is 24.8 Å². The van der Waals surface area contributed by atoms with Crippen molar-refractivity contribution in [3.8, 4) is 0 Å². The van der Waals surface area contributed by atoms with E-state index in [4.69, 9.17) is 15.7 Å². The van der Waals surface area contributed by atoms with Gasteiger partial charge in [-0.05, 0) is 19.3 Å². The van der Waals surface area contributed by atoms with Gasteiger partial charge in [0.25, 0.3) is 0 Å². The van der Waals surface area contributed by atoms with Gasteiger partial charge in [-0.25, -0.2) is 4.79 Å². The fourth-order valence-corrected chi connectivity index (χ4v) is 1.35. The zero-order chi connectivity index (χ0) is 16.4. The summed E-state index contributed by atoms with van der Waals surface area (Å²) in [6, 6.07) is -0.914. The molecular formula is C12H23Cl2N3O6. The number of carboxylic acids is 1. The lowest BCUT2D eigenvalue weighted by atomic mass is 10.1. The van der Waals surface area contributed by atoms with Crippen LogP contribution in [-0.4, -0.2) is 46.5 Å². The summed E-state index contributed by atoms with van der Waals surface area (Å²) in [6.45, 7) is 4.21. The maximum Gasteiger partial charge on any atom is 0.332 e. The molecule has 0 aliphatic carbocycles. The molecule has 11 heteroatoms. The Labute approximate surface area is 146 Å². The summed E-state index contributed by atoms with van der Waals surface area (Å²) in [4.78, 5) is 41.6. The van der Waals surface area contributed by atoms with Crippen LogP contribution in [-0.2, 0) is 24.1 Å². The SMILES string of the molecule is CC(=O)ON=C(C)N(CCCC[C@H](N)C(=O)O)OC(C)=O.Cl.Cl. The molecule has 3 N–H and O–H groups in total. The van der Waals surface area contributed by atoms with Crippen molar-refractivity contribution in [3.05, 3.63) is 0 Å². The Morgan fingerprint density at radius 1 is 1.13 bits per heavy atom. The molecule has 0 aliphatic rings. The average molecular weight is 376 g/mol. The molecule has 0 aliphatic heterocycles. The Morgan fingerprint density at radius 3 is 2.13 bits per heavy atom. The molecule has 9 nitrogen and oxygen atoms in total. The number of carbonyl (C=O) groups is 3. The van der Waals surface area contributed by atoms with Gasteiger partial charge in [-0.2, -0.15) is 5.06 Å². The molecule has 1 atom stereocenters. The van der Waals surface area contributed by atoms with Crippen molar-refractivity contribution < 1.29 is 29.2 Å². The molecule has 0 amide bonds.